The van der Waals surface area contributed by atoms with Crippen LogP contribution in [0.15, 0.2) is 77.8 Å². The van der Waals surface area contributed by atoms with E-state index in [0.29, 0.717) is 0 Å². The summed E-state index contributed by atoms with van der Waals surface area (Å²) in [6.45, 7) is 3.73. The Morgan fingerprint density at radius 1 is 0.765 bits per heavy atom. The highest BCUT2D eigenvalue weighted by atomic mass is 127. The Morgan fingerprint density at radius 2 is 1.24 bits per heavy atom. The minimum Gasteiger partial charge on any atom is -0.497 e. The number of aryl methyl sites for hydroxylation is 1. The molecule has 3 aromatic carbocycles. The molecule has 6 heteroatoms. The monoisotopic (exact) mass is 590 g/mol. The molecule has 0 aliphatic carbocycles. The highest BCUT2D eigenvalue weighted by Gasteiger charge is 2.13. The number of amidine groups is 1. The van der Waals surface area contributed by atoms with Gasteiger partial charge in [-0.2, -0.15) is 0 Å². The zero-order chi connectivity index (χ0) is 23.5. The summed E-state index contributed by atoms with van der Waals surface area (Å²) in [7, 11) is 3.38. The average Bonchev–Trinajstić information content (AvgIpc) is 2.87. The highest BCUT2D eigenvalue weighted by Crippen LogP contribution is 2.23. The number of nitrogens with zero attached hydrogens (tertiary/aromatic N) is 2. The number of benzene rings is 3. The van der Waals surface area contributed by atoms with Crippen molar-refractivity contribution in [2.45, 2.75) is 39.3 Å². The van der Waals surface area contributed by atoms with Crippen molar-refractivity contribution in [3.05, 3.63) is 89.5 Å². The summed E-state index contributed by atoms with van der Waals surface area (Å²) >= 11 is 1.67. The number of ether oxygens (including phenoxy) is 2. The molecule has 0 aliphatic heterocycles. The molecule has 0 unspecified atom stereocenters. The molecule has 3 aromatic rings. The lowest BCUT2D eigenvalue weighted by molar-refractivity contribution is 0.405. The molecular formula is C28H35IN2O2S. The Balaban J connectivity index is 0.00000408. The number of halogens is 1. The standard InChI is InChI=1S/C28H34N2O2S.HI/c1-5-6-7-22-8-14-25(15-9-22)29-28(33-4)30(20-23-10-16-26(31-2)17-11-23)21-24-12-18-27(32-3)19-13-24;/h8-19H,5-7,20-21H2,1-4H3;1H. The molecule has 0 saturated carbocycles. The third kappa shape index (κ3) is 8.55. The largest absolute Gasteiger partial charge is 0.497 e. The highest BCUT2D eigenvalue weighted by molar-refractivity contribution is 14.0. The molecule has 0 N–H and O–H groups in total. The second-order valence-electron chi connectivity index (χ2n) is 7.92. The number of hydrogen-bond donors (Lipinski definition) is 0. The van der Waals surface area contributed by atoms with Gasteiger partial charge in [0.05, 0.1) is 19.9 Å². The van der Waals surface area contributed by atoms with Gasteiger partial charge in [-0.3, -0.25) is 0 Å². The van der Waals surface area contributed by atoms with Gasteiger partial charge >= 0.3 is 0 Å². The van der Waals surface area contributed by atoms with Crippen molar-refractivity contribution >= 4 is 46.6 Å². The van der Waals surface area contributed by atoms with Crippen LogP contribution < -0.4 is 9.47 Å². The first-order valence-electron chi connectivity index (χ1n) is 11.4. The van der Waals surface area contributed by atoms with Gasteiger partial charge in [0.25, 0.3) is 0 Å². The van der Waals surface area contributed by atoms with Gasteiger partial charge in [-0.05, 0) is 72.2 Å². The third-order valence-electron chi connectivity index (χ3n) is 5.50. The SMILES string of the molecule is CCCCc1ccc(N=C(SC)N(Cc2ccc(OC)cc2)Cc2ccc(OC)cc2)cc1.I. The van der Waals surface area contributed by atoms with Gasteiger partial charge in [-0.25, -0.2) is 4.99 Å². The van der Waals surface area contributed by atoms with Gasteiger partial charge in [0.1, 0.15) is 11.5 Å². The predicted octanol–water partition coefficient (Wildman–Crippen LogP) is 7.72. The maximum atomic E-state index is 5.32. The van der Waals surface area contributed by atoms with E-state index < -0.39 is 0 Å². The van der Waals surface area contributed by atoms with Crippen LogP contribution in [-0.2, 0) is 19.5 Å². The summed E-state index contributed by atoms with van der Waals surface area (Å²) in [4.78, 5) is 7.33. The molecule has 0 radical (unpaired) electrons. The summed E-state index contributed by atoms with van der Waals surface area (Å²) in [5.74, 6) is 1.73. The molecule has 0 saturated heterocycles. The zero-order valence-electron chi connectivity index (χ0n) is 20.5. The lowest BCUT2D eigenvalue weighted by Crippen LogP contribution is -2.27. The summed E-state index contributed by atoms with van der Waals surface area (Å²) in [6.07, 6.45) is 5.64. The molecule has 0 amide bonds. The number of aliphatic imine (C=N–C) groups is 1. The third-order valence-corrected chi connectivity index (χ3v) is 6.21. The summed E-state index contributed by atoms with van der Waals surface area (Å²) in [5, 5.41) is 0.989. The minimum atomic E-state index is 0. The molecule has 182 valence electrons. The minimum absolute atomic E-state index is 0. The van der Waals surface area contributed by atoms with Gasteiger partial charge in [0, 0.05) is 13.1 Å². The van der Waals surface area contributed by atoms with E-state index in [-0.39, 0.29) is 24.0 Å². The first kappa shape index (κ1) is 28.1. The van der Waals surface area contributed by atoms with Crippen molar-refractivity contribution in [3.8, 4) is 11.5 Å². The molecule has 0 fully saturated rings. The Bertz CT molecular complexity index is 957. The summed E-state index contributed by atoms with van der Waals surface area (Å²) in [5.41, 5.74) is 4.77. The number of methoxy groups -OCH3 is 2. The normalized spacial score (nSPS) is 11.0. The van der Waals surface area contributed by atoms with Crippen LogP contribution >= 0.6 is 35.7 Å². The van der Waals surface area contributed by atoms with Crippen molar-refractivity contribution in [2.24, 2.45) is 4.99 Å². The lowest BCUT2D eigenvalue weighted by atomic mass is 10.1. The van der Waals surface area contributed by atoms with Crippen LogP contribution in [0, 0.1) is 0 Å². The van der Waals surface area contributed by atoms with E-state index in [1.54, 1.807) is 26.0 Å². The molecule has 34 heavy (non-hydrogen) atoms. The number of thioether (sulfide) groups is 1. The predicted molar refractivity (Wildman–Crippen MR) is 156 cm³/mol. The fourth-order valence-electron chi connectivity index (χ4n) is 3.57. The average molecular weight is 591 g/mol. The second kappa shape index (κ2) is 14.9. The fraction of sp³-hybridized carbons (Fsp3) is 0.321. The van der Waals surface area contributed by atoms with Crippen molar-refractivity contribution in [2.75, 3.05) is 20.5 Å². The molecule has 0 aliphatic rings. The van der Waals surface area contributed by atoms with Crippen molar-refractivity contribution in [1.29, 1.82) is 0 Å². The lowest BCUT2D eigenvalue weighted by Gasteiger charge is -2.26. The van der Waals surface area contributed by atoms with Crippen LogP contribution in [-0.4, -0.2) is 30.5 Å². The van der Waals surface area contributed by atoms with E-state index in [1.165, 1.54) is 29.5 Å². The number of unbranched alkanes of at least 4 members (excludes halogenated alkanes) is 1. The molecule has 0 heterocycles. The summed E-state index contributed by atoms with van der Waals surface area (Å²) in [6, 6.07) is 25.1. The topological polar surface area (TPSA) is 34.1 Å². The summed E-state index contributed by atoms with van der Waals surface area (Å²) < 4.78 is 10.6. The molecule has 3 rings (SSSR count). The maximum Gasteiger partial charge on any atom is 0.164 e. The van der Waals surface area contributed by atoms with E-state index in [2.05, 4.69) is 66.6 Å². The quantitative estimate of drug-likeness (QED) is 0.138. The van der Waals surface area contributed by atoms with E-state index >= 15 is 0 Å². The maximum absolute atomic E-state index is 5.32. The van der Waals surface area contributed by atoms with Crippen LogP contribution in [0.4, 0.5) is 5.69 Å². The Kier molecular flexibility index (Phi) is 12.3. The van der Waals surface area contributed by atoms with Crippen LogP contribution in [0.5, 0.6) is 11.5 Å². The van der Waals surface area contributed by atoms with Crippen molar-refractivity contribution in [3.63, 3.8) is 0 Å². The van der Waals surface area contributed by atoms with Gasteiger partial charge < -0.3 is 14.4 Å². The molecule has 4 nitrogen and oxygen atoms in total. The first-order chi connectivity index (χ1) is 16.1. The molecule has 0 aromatic heterocycles. The first-order valence-corrected chi connectivity index (χ1v) is 12.6. The van der Waals surface area contributed by atoms with E-state index in [1.807, 2.05) is 24.3 Å². The molecule has 0 atom stereocenters. The van der Waals surface area contributed by atoms with Gasteiger partial charge in [-0.1, -0.05) is 61.5 Å². The Labute approximate surface area is 225 Å². The Morgan fingerprint density at radius 3 is 1.65 bits per heavy atom. The fourth-order valence-corrected chi connectivity index (χ4v) is 4.15. The van der Waals surface area contributed by atoms with Crippen LogP contribution in [0.1, 0.15) is 36.5 Å². The van der Waals surface area contributed by atoms with Gasteiger partial charge in [0.15, 0.2) is 5.17 Å². The van der Waals surface area contributed by atoms with Gasteiger partial charge in [-0.15, -0.1) is 24.0 Å². The smallest absolute Gasteiger partial charge is 0.164 e. The zero-order valence-corrected chi connectivity index (χ0v) is 23.6. The number of rotatable bonds is 10. The number of hydrogen-bond acceptors (Lipinski definition) is 4. The Hall–Kier alpha value is -2.19. The van der Waals surface area contributed by atoms with E-state index in [0.717, 1.165) is 41.9 Å². The second-order valence-corrected chi connectivity index (χ2v) is 8.69. The van der Waals surface area contributed by atoms with Crippen molar-refractivity contribution < 1.29 is 9.47 Å². The molecule has 0 spiro atoms. The van der Waals surface area contributed by atoms with Crippen LogP contribution in [0.25, 0.3) is 0 Å². The van der Waals surface area contributed by atoms with Crippen molar-refractivity contribution in [1.82, 2.24) is 4.90 Å². The molecule has 0 bridgehead atoms. The molecular weight excluding hydrogens is 555 g/mol. The van der Waals surface area contributed by atoms with Crippen LogP contribution in [0.2, 0.25) is 0 Å². The van der Waals surface area contributed by atoms with Gasteiger partial charge in [0.2, 0.25) is 0 Å². The van der Waals surface area contributed by atoms with E-state index in [4.69, 9.17) is 14.5 Å². The van der Waals surface area contributed by atoms with E-state index in [9.17, 15) is 0 Å². The van der Waals surface area contributed by atoms with Crippen LogP contribution in [0.3, 0.4) is 0 Å².